The van der Waals surface area contributed by atoms with Gasteiger partial charge in [-0.3, -0.25) is 9.97 Å². The molecule has 3 fully saturated rings. The predicted molar refractivity (Wildman–Crippen MR) is 164 cm³/mol. The zero-order valence-corrected chi connectivity index (χ0v) is 25.2. The van der Waals surface area contributed by atoms with E-state index in [2.05, 4.69) is 58.9 Å². The number of aryl methyl sites for hydroxylation is 1. The van der Waals surface area contributed by atoms with Crippen LogP contribution in [0.25, 0.3) is 21.8 Å². The molecule has 0 bridgehead atoms. The minimum atomic E-state index is 0.433. The summed E-state index contributed by atoms with van der Waals surface area (Å²) in [4.78, 5) is 10.1. The van der Waals surface area contributed by atoms with E-state index in [0.717, 1.165) is 53.0 Å². The van der Waals surface area contributed by atoms with Gasteiger partial charge in [0.2, 0.25) is 0 Å². The molecular weight excluding hydrogens is 472 g/mol. The number of benzene rings is 1. The van der Waals surface area contributed by atoms with Crippen LogP contribution in [0.2, 0.25) is 0 Å². The molecule has 2 heteroatoms. The summed E-state index contributed by atoms with van der Waals surface area (Å²) < 4.78 is 0. The number of nitrogens with zero attached hydrogens (tertiary/aromatic N) is 2. The van der Waals surface area contributed by atoms with Gasteiger partial charge in [-0.1, -0.05) is 72.1 Å². The minimum absolute atomic E-state index is 0.433. The molecule has 0 spiro atoms. The van der Waals surface area contributed by atoms with Crippen molar-refractivity contribution in [3.8, 4) is 0 Å². The smallest absolute Gasteiger partial charge is 0.0968 e. The van der Waals surface area contributed by atoms with Gasteiger partial charge < -0.3 is 0 Å². The third kappa shape index (κ3) is 4.01. The summed E-state index contributed by atoms with van der Waals surface area (Å²) in [5, 5.41) is 2.49. The maximum Gasteiger partial charge on any atom is 0.0968 e. The average molecular weight is 523 g/mol. The van der Waals surface area contributed by atoms with E-state index in [-0.39, 0.29) is 0 Å². The van der Waals surface area contributed by atoms with Gasteiger partial charge in [-0.25, -0.2) is 0 Å². The summed E-state index contributed by atoms with van der Waals surface area (Å²) in [6.45, 7) is 12.8. The van der Waals surface area contributed by atoms with E-state index < -0.39 is 0 Å². The lowest BCUT2D eigenvalue weighted by Crippen LogP contribution is -2.52. The van der Waals surface area contributed by atoms with E-state index in [9.17, 15) is 0 Å². The Bertz CT molecular complexity index is 1370. The molecule has 2 aromatic heterocycles. The summed E-state index contributed by atoms with van der Waals surface area (Å²) in [7, 11) is 0. The number of hydrogen-bond donors (Lipinski definition) is 0. The van der Waals surface area contributed by atoms with Crippen LogP contribution in [0.5, 0.6) is 0 Å². The molecule has 2 heterocycles. The van der Waals surface area contributed by atoms with Gasteiger partial charge in [-0.2, -0.15) is 0 Å². The molecule has 7 rings (SSSR count). The lowest BCUT2D eigenvalue weighted by Gasteiger charge is -2.61. The third-order valence-electron chi connectivity index (χ3n) is 13.0. The fourth-order valence-electron chi connectivity index (χ4n) is 11.1. The molecule has 2 nitrogen and oxygen atoms in total. The normalized spacial score (nSPS) is 36.4. The van der Waals surface area contributed by atoms with E-state index >= 15 is 0 Å². The van der Waals surface area contributed by atoms with Crippen molar-refractivity contribution < 1.29 is 0 Å². The highest BCUT2D eigenvalue weighted by atomic mass is 14.8. The molecule has 4 aliphatic rings. The maximum atomic E-state index is 5.34. The van der Waals surface area contributed by atoms with Crippen molar-refractivity contribution in [3.63, 3.8) is 0 Å². The summed E-state index contributed by atoms with van der Waals surface area (Å²) >= 11 is 0. The van der Waals surface area contributed by atoms with Crippen molar-refractivity contribution in [3.05, 3.63) is 47.8 Å². The van der Waals surface area contributed by atoms with Crippen LogP contribution in [0.4, 0.5) is 0 Å². The van der Waals surface area contributed by atoms with Crippen molar-refractivity contribution in [2.45, 2.75) is 111 Å². The molecular formula is C37H50N2. The van der Waals surface area contributed by atoms with Gasteiger partial charge in [0, 0.05) is 22.7 Å². The van der Waals surface area contributed by atoms with Crippen molar-refractivity contribution in [1.29, 1.82) is 0 Å². The van der Waals surface area contributed by atoms with Crippen molar-refractivity contribution in [2.75, 3.05) is 0 Å². The minimum Gasteiger partial charge on any atom is -0.254 e. The fraction of sp³-hybridized carbons (Fsp3) is 0.676. The second kappa shape index (κ2) is 9.56. The Hall–Kier alpha value is -1.96. The van der Waals surface area contributed by atoms with Crippen molar-refractivity contribution in [2.24, 2.45) is 46.3 Å². The molecule has 4 aliphatic carbocycles. The molecule has 0 unspecified atom stereocenters. The zero-order chi connectivity index (χ0) is 26.9. The number of fused-ring (bicyclic) bond motifs is 10. The van der Waals surface area contributed by atoms with Crippen LogP contribution in [0.1, 0.15) is 116 Å². The monoisotopic (exact) mass is 522 g/mol. The zero-order valence-electron chi connectivity index (χ0n) is 25.2. The summed E-state index contributed by atoms with van der Waals surface area (Å²) in [6.07, 6.45) is 17.4. The Kier molecular flexibility index (Phi) is 6.37. The first-order chi connectivity index (χ1) is 18.8. The Morgan fingerprint density at radius 3 is 2.51 bits per heavy atom. The molecule has 1 aromatic carbocycles. The van der Waals surface area contributed by atoms with Crippen LogP contribution in [0, 0.1) is 46.3 Å². The fourth-order valence-corrected chi connectivity index (χ4v) is 11.1. The first-order valence-electron chi connectivity index (χ1n) is 16.5. The number of aromatic nitrogens is 2. The standard InChI is InChI=1S/C37H50N2/c1-23(2)8-6-9-24(3)29-15-16-30-27-13-14-31-28-22-26-12-11-25-10-7-21-38-34(25)35(26)39-33(28)18-20-37(31,5)32(27)17-19-36(29,30)4/h7,10-12,21-24,27,29-32H,6,8-9,13-20H2,1-5H3/t24-,27+,29-,30+,31-,32+,36-,37+/m1/s1. The van der Waals surface area contributed by atoms with Gasteiger partial charge >= 0.3 is 0 Å². The topological polar surface area (TPSA) is 25.8 Å². The second-order valence-corrected chi connectivity index (χ2v) is 15.3. The van der Waals surface area contributed by atoms with E-state index in [4.69, 9.17) is 9.97 Å². The van der Waals surface area contributed by atoms with Crippen molar-refractivity contribution in [1.82, 2.24) is 9.97 Å². The van der Waals surface area contributed by atoms with Crippen LogP contribution in [0.15, 0.2) is 36.5 Å². The molecule has 3 saturated carbocycles. The highest BCUT2D eigenvalue weighted by molar-refractivity contribution is 6.02. The Morgan fingerprint density at radius 1 is 0.846 bits per heavy atom. The lowest BCUT2D eigenvalue weighted by molar-refractivity contribution is -0.0899. The molecule has 0 saturated heterocycles. The number of hydrogen-bond acceptors (Lipinski definition) is 2. The molecule has 3 aromatic rings. The maximum absolute atomic E-state index is 5.34. The van der Waals surface area contributed by atoms with Gasteiger partial charge in [0.25, 0.3) is 0 Å². The van der Waals surface area contributed by atoms with Crippen LogP contribution in [-0.2, 0) is 6.42 Å². The van der Waals surface area contributed by atoms with Gasteiger partial charge in [0.15, 0.2) is 0 Å². The third-order valence-corrected chi connectivity index (χ3v) is 13.0. The van der Waals surface area contributed by atoms with E-state index in [1.54, 1.807) is 5.56 Å². The molecule has 0 amide bonds. The van der Waals surface area contributed by atoms with E-state index in [1.165, 1.54) is 80.7 Å². The Balaban J connectivity index is 1.16. The Morgan fingerprint density at radius 2 is 1.67 bits per heavy atom. The van der Waals surface area contributed by atoms with Crippen LogP contribution >= 0.6 is 0 Å². The van der Waals surface area contributed by atoms with Crippen LogP contribution in [-0.4, -0.2) is 9.97 Å². The van der Waals surface area contributed by atoms with Gasteiger partial charge in [0.1, 0.15) is 0 Å². The van der Waals surface area contributed by atoms with Crippen LogP contribution < -0.4 is 0 Å². The Labute approximate surface area is 236 Å². The molecule has 8 atom stereocenters. The first kappa shape index (κ1) is 26.0. The van der Waals surface area contributed by atoms with Gasteiger partial charge in [0.05, 0.1) is 11.0 Å². The first-order valence-corrected chi connectivity index (χ1v) is 16.5. The predicted octanol–water partition coefficient (Wildman–Crippen LogP) is 10.1. The van der Waals surface area contributed by atoms with Crippen molar-refractivity contribution >= 4 is 21.8 Å². The number of rotatable bonds is 5. The highest BCUT2D eigenvalue weighted by Crippen LogP contribution is 2.69. The second-order valence-electron chi connectivity index (χ2n) is 15.3. The van der Waals surface area contributed by atoms with Gasteiger partial charge in [-0.05, 0) is 121 Å². The summed E-state index contributed by atoms with van der Waals surface area (Å²) in [5.41, 5.74) is 6.15. The summed E-state index contributed by atoms with van der Waals surface area (Å²) in [5.74, 6) is 6.17. The number of pyridine rings is 2. The van der Waals surface area contributed by atoms with E-state index in [1.807, 2.05) is 12.3 Å². The van der Waals surface area contributed by atoms with Gasteiger partial charge in [-0.15, -0.1) is 0 Å². The largest absolute Gasteiger partial charge is 0.254 e. The average Bonchev–Trinajstić information content (AvgIpc) is 3.29. The highest BCUT2D eigenvalue weighted by Gasteiger charge is 2.60. The van der Waals surface area contributed by atoms with Crippen LogP contribution in [0.3, 0.4) is 0 Å². The molecule has 0 radical (unpaired) electrons. The molecule has 0 N–H and O–H groups in total. The molecule has 0 aliphatic heterocycles. The molecule has 208 valence electrons. The molecule has 39 heavy (non-hydrogen) atoms. The SMILES string of the molecule is CC(C)CCC[C@@H](C)[C@H]1CC[C@H]2[C@@H]3CC[C@@H]4c5cc6ccc7cccnc7c6nc5CC[C@]4(C)[C@H]3CC[C@]12C. The quantitative estimate of drug-likeness (QED) is 0.311. The summed E-state index contributed by atoms with van der Waals surface area (Å²) in [6, 6.07) is 11.3. The van der Waals surface area contributed by atoms with E-state index in [0.29, 0.717) is 16.7 Å². The lowest BCUT2D eigenvalue weighted by atomic mass is 9.44.